The molecule has 0 spiro atoms. The van der Waals surface area contributed by atoms with Crippen molar-refractivity contribution in [2.24, 2.45) is 0 Å². The Hall–Kier alpha value is -1.23. The summed E-state index contributed by atoms with van der Waals surface area (Å²) in [6.45, 7) is 1.35. The van der Waals surface area contributed by atoms with Gasteiger partial charge >= 0.3 is 0 Å². The molecule has 3 nitrogen and oxygen atoms in total. The van der Waals surface area contributed by atoms with E-state index in [1.165, 1.54) is 6.92 Å². The summed E-state index contributed by atoms with van der Waals surface area (Å²) in [5, 5.41) is 8.07. The minimum absolute atomic E-state index is 0.0296. The molecule has 0 radical (unpaired) electrons. The van der Waals surface area contributed by atoms with E-state index < -0.39 is 22.9 Å². The van der Waals surface area contributed by atoms with Gasteiger partial charge in [0.2, 0.25) is 0 Å². The number of halogens is 3. The minimum atomic E-state index is -2.90. The van der Waals surface area contributed by atoms with Gasteiger partial charge in [0.1, 0.15) is 11.4 Å². The quantitative estimate of drug-likeness (QED) is 0.781. The Morgan fingerprint density at radius 3 is 2.64 bits per heavy atom. The summed E-state index contributed by atoms with van der Waals surface area (Å²) in [4.78, 5) is 14.1. The Kier molecular flexibility index (Phi) is 3.00. The summed E-state index contributed by atoms with van der Waals surface area (Å²) < 4.78 is 24.7. The Labute approximate surface area is 83.3 Å². The lowest BCUT2D eigenvalue weighted by Gasteiger charge is -2.06. The number of hydrogen-bond donors (Lipinski definition) is 1. The fraction of sp³-hybridized carbons (Fsp3) is 0.250. The summed E-state index contributed by atoms with van der Waals surface area (Å²) in [5.41, 5.74) is -1.15. The molecule has 0 aliphatic heterocycles. The first kappa shape index (κ1) is 10.8. The van der Waals surface area contributed by atoms with Gasteiger partial charge in [-0.25, -0.2) is 13.8 Å². The van der Waals surface area contributed by atoms with E-state index in [4.69, 9.17) is 16.7 Å². The molecular formula is C8H6ClF2NO2. The normalized spacial score (nSPS) is 10.6. The van der Waals surface area contributed by atoms with Crippen LogP contribution in [0.15, 0.2) is 6.07 Å². The molecule has 0 bridgehead atoms. The highest BCUT2D eigenvalue weighted by atomic mass is 35.5. The molecule has 1 heterocycles. The minimum Gasteiger partial charge on any atom is -0.506 e. The molecule has 0 unspecified atom stereocenters. The van der Waals surface area contributed by atoms with Gasteiger partial charge in [-0.2, -0.15) is 0 Å². The van der Waals surface area contributed by atoms with Crippen molar-refractivity contribution in [1.29, 1.82) is 0 Å². The molecule has 0 aromatic carbocycles. The van der Waals surface area contributed by atoms with Gasteiger partial charge in [0, 0.05) is 0 Å². The molecule has 0 amide bonds. The van der Waals surface area contributed by atoms with Gasteiger partial charge in [-0.1, -0.05) is 0 Å². The van der Waals surface area contributed by atoms with Crippen LogP contribution in [0.25, 0.3) is 0 Å². The van der Waals surface area contributed by atoms with Crippen LogP contribution in [0.5, 0.6) is 5.75 Å². The van der Waals surface area contributed by atoms with Crippen LogP contribution >= 0.6 is 11.6 Å². The maximum atomic E-state index is 12.3. The lowest BCUT2D eigenvalue weighted by molar-refractivity contribution is 0.106. The second-order valence-electron chi connectivity index (χ2n) is 2.60. The molecule has 0 atom stereocenters. The molecule has 1 aromatic rings. The Morgan fingerprint density at radius 1 is 1.64 bits per heavy atom. The summed E-state index contributed by atoms with van der Waals surface area (Å²) in [6.07, 6.45) is -2.90. The van der Waals surface area contributed by atoms with E-state index in [1.807, 2.05) is 0 Å². The summed E-state index contributed by atoms with van der Waals surface area (Å²) in [5.74, 6) is -0.335. The van der Waals surface area contributed by atoms with Crippen molar-refractivity contribution in [3.63, 3.8) is 0 Å². The molecule has 0 aliphatic rings. The van der Waals surface area contributed by atoms with Crippen molar-refractivity contribution in [1.82, 2.24) is 4.98 Å². The van der Waals surface area contributed by atoms with E-state index in [1.54, 1.807) is 0 Å². The number of rotatable bonds is 2. The zero-order valence-electron chi connectivity index (χ0n) is 7.09. The molecule has 6 heteroatoms. The molecule has 1 rings (SSSR count). The van der Waals surface area contributed by atoms with E-state index in [-0.39, 0.29) is 11.4 Å². The average molecular weight is 222 g/mol. The van der Waals surface area contributed by atoms with Crippen molar-refractivity contribution >= 4 is 16.8 Å². The van der Waals surface area contributed by atoms with Crippen molar-refractivity contribution in [2.75, 3.05) is 0 Å². The van der Waals surface area contributed by atoms with Gasteiger partial charge in [-0.15, -0.1) is 0 Å². The van der Waals surface area contributed by atoms with E-state index in [0.717, 1.165) is 6.07 Å². The SMILES string of the molecule is Cc1nc(C(F)F)c(C(=O)Cl)cc1O. The molecule has 0 saturated carbocycles. The van der Waals surface area contributed by atoms with Crippen LogP contribution in [0.2, 0.25) is 0 Å². The molecule has 1 N–H and O–H groups in total. The number of aryl methyl sites for hydroxylation is 1. The van der Waals surface area contributed by atoms with E-state index in [0.29, 0.717) is 0 Å². The van der Waals surface area contributed by atoms with Gasteiger partial charge in [-0.3, -0.25) is 4.79 Å². The van der Waals surface area contributed by atoms with Crippen LogP contribution in [0.4, 0.5) is 8.78 Å². The largest absolute Gasteiger partial charge is 0.506 e. The van der Waals surface area contributed by atoms with Gasteiger partial charge in [0.05, 0.1) is 11.3 Å². The number of carbonyl (C=O) groups is 1. The van der Waals surface area contributed by atoms with Crippen molar-refractivity contribution in [3.05, 3.63) is 23.0 Å². The third-order valence-corrected chi connectivity index (χ3v) is 1.84. The Bertz CT molecular complexity index is 382. The molecule has 76 valence electrons. The second kappa shape index (κ2) is 3.88. The number of aromatic hydroxyl groups is 1. The molecule has 1 aromatic heterocycles. The number of pyridine rings is 1. The molecule has 0 aliphatic carbocycles. The van der Waals surface area contributed by atoms with E-state index >= 15 is 0 Å². The highest BCUT2D eigenvalue weighted by molar-refractivity contribution is 6.67. The number of aromatic nitrogens is 1. The monoisotopic (exact) mass is 221 g/mol. The van der Waals surface area contributed by atoms with Gasteiger partial charge in [0.25, 0.3) is 11.7 Å². The number of nitrogens with zero attached hydrogens (tertiary/aromatic N) is 1. The van der Waals surface area contributed by atoms with Crippen molar-refractivity contribution in [3.8, 4) is 5.75 Å². The molecule has 0 saturated heterocycles. The standard InChI is InChI=1S/C8H6ClF2NO2/c1-3-5(13)2-4(7(9)14)6(12-3)8(10)11/h2,8,13H,1H3. The van der Waals surface area contributed by atoms with E-state index in [9.17, 15) is 13.6 Å². The van der Waals surface area contributed by atoms with Gasteiger partial charge in [0.15, 0.2) is 0 Å². The molecule has 0 fully saturated rings. The fourth-order valence-corrected chi connectivity index (χ4v) is 1.09. The zero-order chi connectivity index (χ0) is 10.9. The van der Waals surface area contributed by atoms with Crippen LogP contribution in [-0.4, -0.2) is 15.3 Å². The van der Waals surface area contributed by atoms with Gasteiger partial charge in [-0.05, 0) is 24.6 Å². The topological polar surface area (TPSA) is 50.2 Å². The summed E-state index contributed by atoms with van der Waals surface area (Å²) >= 11 is 5.05. The third-order valence-electron chi connectivity index (χ3n) is 1.63. The summed E-state index contributed by atoms with van der Waals surface area (Å²) in [7, 11) is 0. The maximum absolute atomic E-state index is 12.3. The fourth-order valence-electron chi connectivity index (χ4n) is 0.937. The Balaban J connectivity index is 3.39. The maximum Gasteiger partial charge on any atom is 0.281 e. The highest BCUT2D eigenvalue weighted by Crippen LogP contribution is 2.26. The second-order valence-corrected chi connectivity index (χ2v) is 2.94. The number of alkyl halides is 2. The van der Waals surface area contributed by atoms with Crippen LogP contribution in [0, 0.1) is 6.92 Å². The van der Waals surface area contributed by atoms with Crippen molar-refractivity contribution < 1.29 is 18.7 Å². The third kappa shape index (κ3) is 1.98. The predicted octanol–water partition coefficient (Wildman–Crippen LogP) is 2.41. The van der Waals surface area contributed by atoms with Gasteiger partial charge < -0.3 is 5.11 Å². The molecular weight excluding hydrogens is 216 g/mol. The van der Waals surface area contributed by atoms with Crippen molar-refractivity contribution in [2.45, 2.75) is 13.3 Å². The van der Waals surface area contributed by atoms with Crippen LogP contribution in [0.1, 0.15) is 28.2 Å². The van der Waals surface area contributed by atoms with Crippen LogP contribution in [0.3, 0.4) is 0 Å². The summed E-state index contributed by atoms with van der Waals surface area (Å²) in [6, 6.07) is 0.888. The lowest BCUT2D eigenvalue weighted by Crippen LogP contribution is -2.03. The molecule has 14 heavy (non-hydrogen) atoms. The van der Waals surface area contributed by atoms with Crippen LogP contribution < -0.4 is 0 Å². The zero-order valence-corrected chi connectivity index (χ0v) is 7.85. The number of hydrogen-bond acceptors (Lipinski definition) is 3. The van der Waals surface area contributed by atoms with E-state index in [2.05, 4.69) is 4.98 Å². The highest BCUT2D eigenvalue weighted by Gasteiger charge is 2.20. The smallest absolute Gasteiger partial charge is 0.281 e. The first-order valence-electron chi connectivity index (χ1n) is 3.62. The Morgan fingerprint density at radius 2 is 2.21 bits per heavy atom. The number of carbonyl (C=O) groups excluding carboxylic acids is 1. The first-order chi connectivity index (χ1) is 6.43. The average Bonchev–Trinajstić information content (AvgIpc) is 2.08. The predicted molar refractivity (Wildman–Crippen MR) is 45.8 cm³/mol. The lowest BCUT2D eigenvalue weighted by atomic mass is 10.2. The first-order valence-corrected chi connectivity index (χ1v) is 3.99. The van der Waals surface area contributed by atoms with Crippen LogP contribution in [-0.2, 0) is 0 Å².